The third-order valence-electron chi connectivity index (χ3n) is 6.16. The molecule has 5 atom stereocenters. The maximum atomic E-state index is 12.9. The highest BCUT2D eigenvalue weighted by Gasteiger charge is 2.62. The Labute approximate surface area is 161 Å². The molecular formula is C20H21FN2O5. The Balaban J connectivity index is 1.33. The minimum atomic E-state index is -1.07. The van der Waals surface area contributed by atoms with Crippen LogP contribution in [-0.4, -0.2) is 41.2 Å². The van der Waals surface area contributed by atoms with Crippen LogP contribution >= 0.6 is 0 Å². The Bertz CT molecular complexity index is 812. The number of esters is 1. The highest BCUT2D eigenvalue weighted by atomic mass is 19.1. The number of nitrogens with one attached hydrogen (secondary N) is 1. The summed E-state index contributed by atoms with van der Waals surface area (Å²) in [7, 11) is 0. The normalized spacial score (nSPS) is 29.0. The van der Waals surface area contributed by atoms with Crippen molar-refractivity contribution >= 4 is 29.4 Å². The summed E-state index contributed by atoms with van der Waals surface area (Å²) in [5.74, 6) is -2.54. The average molecular weight is 388 g/mol. The smallest absolute Gasteiger partial charge is 0.329 e. The van der Waals surface area contributed by atoms with E-state index in [0.717, 1.165) is 24.2 Å². The Hall–Kier alpha value is -2.77. The summed E-state index contributed by atoms with van der Waals surface area (Å²) >= 11 is 0. The number of anilines is 1. The lowest BCUT2D eigenvalue weighted by atomic mass is 9.81. The number of rotatable bonds is 5. The highest BCUT2D eigenvalue weighted by Crippen LogP contribution is 2.56. The molecular weight excluding hydrogens is 367 g/mol. The molecule has 0 unspecified atom stereocenters. The van der Waals surface area contributed by atoms with E-state index in [2.05, 4.69) is 5.32 Å². The molecule has 28 heavy (non-hydrogen) atoms. The van der Waals surface area contributed by atoms with Gasteiger partial charge in [0.2, 0.25) is 11.8 Å². The number of amides is 3. The molecule has 2 bridgehead atoms. The molecule has 1 heterocycles. The van der Waals surface area contributed by atoms with Crippen LogP contribution in [-0.2, 0) is 23.9 Å². The van der Waals surface area contributed by atoms with Crippen LogP contribution in [0, 0.1) is 29.5 Å². The molecule has 2 saturated carbocycles. The molecule has 3 amide bonds. The molecule has 148 valence electrons. The van der Waals surface area contributed by atoms with Crippen molar-refractivity contribution in [3.63, 3.8) is 0 Å². The van der Waals surface area contributed by atoms with Crippen LogP contribution in [0.1, 0.15) is 26.2 Å². The molecule has 0 aromatic heterocycles. The van der Waals surface area contributed by atoms with Crippen LogP contribution in [0.3, 0.4) is 0 Å². The minimum Gasteiger partial charge on any atom is -0.454 e. The highest BCUT2D eigenvalue weighted by molar-refractivity contribution is 6.08. The van der Waals surface area contributed by atoms with Crippen LogP contribution in [0.5, 0.6) is 0 Å². The summed E-state index contributed by atoms with van der Waals surface area (Å²) < 4.78 is 17.9. The zero-order valence-corrected chi connectivity index (χ0v) is 15.4. The van der Waals surface area contributed by atoms with Crippen LogP contribution < -0.4 is 5.32 Å². The van der Waals surface area contributed by atoms with E-state index in [-0.39, 0.29) is 35.5 Å². The van der Waals surface area contributed by atoms with Crippen molar-refractivity contribution in [1.29, 1.82) is 0 Å². The SMILES string of the molecule is C[C@H](C(=O)OCC(=O)Nc1ccc(F)cc1)N1C(=O)[C@@H]2[C@H]3CC[C@@H](C3)[C@@H]2C1=O. The number of hydrogen-bond donors (Lipinski definition) is 1. The fraction of sp³-hybridized carbons (Fsp3) is 0.500. The van der Waals surface area contributed by atoms with Crippen molar-refractivity contribution in [2.24, 2.45) is 23.7 Å². The van der Waals surface area contributed by atoms with Crippen molar-refractivity contribution in [3.05, 3.63) is 30.1 Å². The van der Waals surface area contributed by atoms with Crippen LogP contribution in [0.2, 0.25) is 0 Å². The molecule has 1 saturated heterocycles. The second-order valence-corrected chi connectivity index (χ2v) is 7.77. The maximum Gasteiger partial charge on any atom is 0.329 e. The number of fused-ring (bicyclic) bond motifs is 5. The van der Waals surface area contributed by atoms with Gasteiger partial charge in [0, 0.05) is 5.69 Å². The number of likely N-dealkylation sites (tertiary alicyclic amines) is 1. The van der Waals surface area contributed by atoms with E-state index in [1.54, 1.807) is 0 Å². The number of ether oxygens (including phenoxy) is 1. The Morgan fingerprint density at radius 2 is 1.71 bits per heavy atom. The third kappa shape index (κ3) is 3.06. The Morgan fingerprint density at radius 1 is 1.14 bits per heavy atom. The molecule has 2 aliphatic carbocycles. The van der Waals surface area contributed by atoms with Crippen molar-refractivity contribution in [2.75, 3.05) is 11.9 Å². The zero-order valence-electron chi connectivity index (χ0n) is 15.4. The van der Waals surface area contributed by atoms with Crippen LogP contribution in [0.4, 0.5) is 10.1 Å². The molecule has 0 radical (unpaired) electrons. The van der Waals surface area contributed by atoms with Gasteiger partial charge in [-0.15, -0.1) is 0 Å². The third-order valence-corrected chi connectivity index (χ3v) is 6.16. The first-order valence-corrected chi connectivity index (χ1v) is 9.45. The summed E-state index contributed by atoms with van der Waals surface area (Å²) in [6.45, 7) is 0.883. The first-order valence-electron chi connectivity index (χ1n) is 9.45. The fourth-order valence-corrected chi connectivity index (χ4v) is 4.91. The number of carbonyl (C=O) groups is 4. The number of benzene rings is 1. The van der Waals surface area contributed by atoms with Gasteiger partial charge in [-0.3, -0.25) is 19.3 Å². The monoisotopic (exact) mass is 388 g/mol. The van der Waals surface area contributed by atoms with E-state index in [4.69, 9.17) is 4.74 Å². The number of imide groups is 1. The van der Waals surface area contributed by atoms with Crippen molar-refractivity contribution in [3.8, 4) is 0 Å². The van der Waals surface area contributed by atoms with Gasteiger partial charge < -0.3 is 10.1 Å². The number of hydrogen-bond acceptors (Lipinski definition) is 5. The van der Waals surface area contributed by atoms with Crippen molar-refractivity contribution < 1.29 is 28.3 Å². The van der Waals surface area contributed by atoms with Gasteiger partial charge in [-0.1, -0.05) is 0 Å². The average Bonchev–Trinajstić information content (AvgIpc) is 3.35. The van der Waals surface area contributed by atoms with Gasteiger partial charge in [0.25, 0.3) is 5.91 Å². The van der Waals surface area contributed by atoms with E-state index in [9.17, 15) is 23.6 Å². The quantitative estimate of drug-likeness (QED) is 0.613. The molecule has 7 nitrogen and oxygen atoms in total. The first-order chi connectivity index (χ1) is 13.4. The minimum absolute atomic E-state index is 0.237. The van der Waals surface area contributed by atoms with Gasteiger partial charge >= 0.3 is 5.97 Å². The number of carbonyl (C=O) groups excluding carboxylic acids is 4. The predicted octanol–water partition coefficient (Wildman–Crippen LogP) is 1.73. The van der Waals surface area contributed by atoms with Crippen molar-refractivity contribution in [1.82, 2.24) is 4.90 Å². The lowest BCUT2D eigenvalue weighted by Crippen LogP contribution is -2.45. The second kappa shape index (κ2) is 7.00. The Kier molecular flexibility index (Phi) is 4.64. The summed E-state index contributed by atoms with van der Waals surface area (Å²) in [4.78, 5) is 50.7. The molecule has 4 rings (SSSR count). The lowest BCUT2D eigenvalue weighted by Gasteiger charge is -2.23. The zero-order chi connectivity index (χ0) is 20.0. The molecule has 0 spiro atoms. The molecule has 8 heteroatoms. The molecule has 3 fully saturated rings. The van der Waals surface area contributed by atoms with Crippen LogP contribution in [0.15, 0.2) is 24.3 Å². The fourth-order valence-electron chi connectivity index (χ4n) is 4.91. The predicted molar refractivity (Wildman–Crippen MR) is 95.1 cm³/mol. The van der Waals surface area contributed by atoms with Gasteiger partial charge in [-0.25, -0.2) is 9.18 Å². The van der Waals surface area contributed by atoms with E-state index < -0.39 is 30.3 Å². The maximum absolute atomic E-state index is 12.9. The summed E-state index contributed by atoms with van der Waals surface area (Å²) in [5, 5.41) is 2.47. The van der Waals surface area contributed by atoms with Crippen LogP contribution in [0.25, 0.3) is 0 Å². The summed E-state index contributed by atoms with van der Waals surface area (Å²) in [6, 6.07) is 4.08. The van der Waals surface area contributed by atoms with Crippen molar-refractivity contribution in [2.45, 2.75) is 32.2 Å². The van der Waals surface area contributed by atoms with Gasteiger partial charge in [-0.2, -0.15) is 0 Å². The summed E-state index contributed by atoms with van der Waals surface area (Å²) in [5.41, 5.74) is 0.365. The largest absolute Gasteiger partial charge is 0.454 e. The van der Waals surface area contributed by atoms with Gasteiger partial charge in [0.1, 0.15) is 11.9 Å². The lowest BCUT2D eigenvalue weighted by molar-refractivity contribution is -0.159. The van der Waals surface area contributed by atoms with Gasteiger partial charge in [0.05, 0.1) is 11.8 Å². The molecule has 3 aliphatic rings. The standard InChI is InChI=1S/C20H21FN2O5/c1-10(20(27)28-9-15(24)22-14-6-4-13(21)5-7-14)23-18(25)16-11-2-3-12(8-11)17(16)19(23)26/h4-7,10-12,16-17H,2-3,8-9H2,1H3,(H,22,24)/t10-,11+,12+,16-,17+/m1/s1. The van der Waals surface area contributed by atoms with Gasteiger partial charge in [-0.05, 0) is 62.3 Å². The second-order valence-electron chi connectivity index (χ2n) is 7.77. The van der Waals surface area contributed by atoms with E-state index in [1.807, 2.05) is 0 Å². The Morgan fingerprint density at radius 3 is 2.29 bits per heavy atom. The van der Waals surface area contributed by atoms with E-state index in [0.29, 0.717) is 5.69 Å². The number of nitrogens with zero attached hydrogens (tertiary/aromatic N) is 1. The first kappa shape index (κ1) is 18.6. The molecule has 1 aromatic rings. The topological polar surface area (TPSA) is 92.8 Å². The number of halogens is 1. The molecule has 1 N–H and O–H groups in total. The summed E-state index contributed by atoms with van der Waals surface area (Å²) in [6.07, 6.45) is 2.84. The van der Waals surface area contributed by atoms with E-state index in [1.165, 1.54) is 31.2 Å². The molecule has 1 aromatic carbocycles. The van der Waals surface area contributed by atoms with E-state index >= 15 is 0 Å². The van der Waals surface area contributed by atoms with Gasteiger partial charge in [0.15, 0.2) is 6.61 Å². The molecule has 1 aliphatic heterocycles.